The summed E-state index contributed by atoms with van der Waals surface area (Å²) in [5, 5.41) is 12.7. The van der Waals surface area contributed by atoms with Crippen molar-refractivity contribution in [2.24, 2.45) is 5.18 Å². The fourth-order valence-corrected chi connectivity index (χ4v) is 4.44. The lowest BCUT2D eigenvalue weighted by molar-refractivity contribution is -0.131. The fourth-order valence-electron chi connectivity index (χ4n) is 4.12. The summed E-state index contributed by atoms with van der Waals surface area (Å²) in [6.45, 7) is 2.83. The van der Waals surface area contributed by atoms with Gasteiger partial charge in [0.15, 0.2) is 0 Å². The third kappa shape index (κ3) is 8.15. The summed E-state index contributed by atoms with van der Waals surface area (Å²) in [7, 11) is 1.81. The molecule has 1 amide bonds. The first-order chi connectivity index (χ1) is 16.9. The number of amides is 1. The maximum atomic E-state index is 13.3. The van der Waals surface area contributed by atoms with E-state index in [-0.39, 0.29) is 44.2 Å². The van der Waals surface area contributed by atoms with E-state index >= 15 is 0 Å². The molecule has 1 fully saturated rings. The van der Waals surface area contributed by atoms with E-state index in [2.05, 4.69) is 10.1 Å². The zero-order valence-electron chi connectivity index (χ0n) is 19.7. The van der Waals surface area contributed by atoms with Gasteiger partial charge in [-0.25, -0.2) is 0 Å². The normalized spacial score (nSPS) is 16.7. The Morgan fingerprint density at radius 1 is 1.20 bits per heavy atom. The van der Waals surface area contributed by atoms with Crippen molar-refractivity contribution in [2.45, 2.75) is 25.0 Å². The van der Waals surface area contributed by atoms with E-state index in [1.807, 2.05) is 24.3 Å². The lowest BCUT2D eigenvalue weighted by atomic mass is 10.0. The molecule has 8 nitrogen and oxygen atoms in total. The van der Waals surface area contributed by atoms with Gasteiger partial charge >= 0.3 is 0 Å². The third-order valence-corrected chi connectivity index (χ3v) is 6.76. The maximum Gasteiger partial charge on any atom is 0.227 e. The Morgan fingerprint density at radius 2 is 1.97 bits per heavy atom. The molecule has 3 rings (SSSR count). The first-order valence-electron chi connectivity index (χ1n) is 11.6. The third-order valence-electron chi connectivity index (χ3n) is 6.02. The average Bonchev–Trinajstić information content (AvgIpc) is 3.31. The van der Waals surface area contributed by atoms with E-state index in [1.165, 1.54) is 0 Å². The van der Waals surface area contributed by atoms with E-state index in [9.17, 15) is 9.70 Å². The standard InChI is InChI=1S/C25H31Cl2N3O5/c1-29(25(32)15-18-2-7-22(26)23(27)14-18)24(19-3-5-20(6-4-19)35-13-11-31)17-30-10-8-21(16-30)34-12-9-28-33/h2-7,14,21,24,31H,8-13,15-17H2,1H3. The van der Waals surface area contributed by atoms with Crippen molar-refractivity contribution in [3.8, 4) is 5.75 Å². The van der Waals surface area contributed by atoms with Gasteiger partial charge < -0.3 is 19.5 Å². The number of carbonyl (C=O) groups excluding carboxylic acids is 1. The van der Waals surface area contributed by atoms with Crippen LogP contribution in [0.3, 0.4) is 0 Å². The molecule has 0 radical (unpaired) electrons. The van der Waals surface area contributed by atoms with Crippen molar-refractivity contribution in [3.05, 3.63) is 68.5 Å². The molecule has 0 spiro atoms. The minimum Gasteiger partial charge on any atom is -0.491 e. The highest BCUT2D eigenvalue weighted by atomic mass is 35.5. The van der Waals surface area contributed by atoms with Crippen LogP contribution in [0.15, 0.2) is 47.6 Å². The van der Waals surface area contributed by atoms with Crippen molar-refractivity contribution >= 4 is 29.1 Å². The van der Waals surface area contributed by atoms with Gasteiger partial charge in [0.1, 0.15) is 18.9 Å². The van der Waals surface area contributed by atoms with Gasteiger partial charge in [-0.2, -0.15) is 4.91 Å². The predicted octanol–water partition coefficient (Wildman–Crippen LogP) is 3.96. The second-order valence-corrected chi connectivity index (χ2v) is 9.29. The molecule has 0 bridgehead atoms. The van der Waals surface area contributed by atoms with Gasteiger partial charge in [0, 0.05) is 26.7 Å². The van der Waals surface area contributed by atoms with Crippen molar-refractivity contribution in [1.82, 2.24) is 9.80 Å². The molecule has 1 aliphatic heterocycles. The summed E-state index contributed by atoms with van der Waals surface area (Å²) in [4.78, 5) is 27.6. The van der Waals surface area contributed by atoms with Crippen LogP contribution in [0.25, 0.3) is 0 Å². The van der Waals surface area contributed by atoms with E-state index in [0.717, 1.165) is 30.6 Å². The number of hydrogen-bond acceptors (Lipinski definition) is 7. The molecule has 10 heteroatoms. The van der Waals surface area contributed by atoms with Crippen LogP contribution in [0.5, 0.6) is 5.75 Å². The molecular weight excluding hydrogens is 493 g/mol. The first-order valence-corrected chi connectivity index (χ1v) is 12.3. The van der Waals surface area contributed by atoms with Crippen molar-refractivity contribution in [2.75, 3.05) is 53.0 Å². The van der Waals surface area contributed by atoms with Crippen LogP contribution >= 0.6 is 23.2 Å². The van der Waals surface area contributed by atoms with Gasteiger partial charge in [0.25, 0.3) is 0 Å². The molecule has 0 aliphatic carbocycles. The van der Waals surface area contributed by atoms with Gasteiger partial charge in [-0.1, -0.05) is 46.6 Å². The van der Waals surface area contributed by atoms with Crippen LogP contribution in [-0.2, 0) is 16.0 Å². The Kier molecular flexibility index (Phi) is 10.7. The molecule has 2 unspecified atom stereocenters. The maximum absolute atomic E-state index is 13.3. The number of benzene rings is 2. The number of aliphatic hydroxyl groups is 1. The van der Waals surface area contributed by atoms with E-state index in [0.29, 0.717) is 28.9 Å². The smallest absolute Gasteiger partial charge is 0.227 e. The van der Waals surface area contributed by atoms with E-state index < -0.39 is 0 Å². The average molecular weight is 524 g/mol. The molecule has 0 aromatic heterocycles. The molecule has 0 saturated carbocycles. The minimum atomic E-state index is -0.201. The zero-order valence-corrected chi connectivity index (χ0v) is 21.2. The zero-order chi connectivity index (χ0) is 25.2. The second-order valence-electron chi connectivity index (χ2n) is 8.48. The predicted molar refractivity (Wildman–Crippen MR) is 136 cm³/mol. The van der Waals surface area contributed by atoms with Gasteiger partial charge in [0.05, 0.1) is 41.8 Å². The molecule has 1 saturated heterocycles. The minimum absolute atomic E-state index is 0.0435. The van der Waals surface area contributed by atoms with Gasteiger partial charge in [-0.3, -0.25) is 9.69 Å². The summed E-state index contributed by atoms with van der Waals surface area (Å²) in [6, 6.07) is 12.6. The molecule has 1 N–H and O–H groups in total. The van der Waals surface area contributed by atoms with E-state index in [4.69, 9.17) is 37.8 Å². The van der Waals surface area contributed by atoms with Crippen LogP contribution in [0.1, 0.15) is 23.6 Å². The number of hydrogen-bond donors (Lipinski definition) is 1. The van der Waals surface area contributed by atoms with Crippen LogP contribution < -0.4 is 4.74 Å². The summed E-state index contributed by atoms with van der Waals surface area (Å²) < 4.78 is 11.2. The quantitative estimate of drug-likeness (QED) is 0.315. The number of nitroso groups, excluding NO2 is 1. The summed E-state index contributed by atoms with van der Waals surface area (Å²) in [5.41, 5.74) is 1.77. The lowest BCUT2D eigenvalue weighted by Gasteiger charge is -2.32. The number of halogens is 2. The number of likely N-dealkylation sites (tertiary alicyclic amines) is 1. The van der Waals surface area contributed by atoms with Crippen molar-refractivity contribution in [3.63, 3.8) is 0 Å². The Hall–Kier alpha value is -2.23. The molecule has 2 aromatic carbocycles. The largest absolute Gasteiger partial charge is 0.491 e. The lowest BCUT2D eigenvalue weighted by Crippen LogP contribution is -2.39. The number of aliphatic hydroxyl groups excluding tert-OH is 1. The molecule has 2 aromatic rings. The number of ether oxygens (including phenoxy) is 2. The summed E-state index contributed by atoms with van der Waals surface area (Å²) in [5.74, 6) is 0.614. The van der Waals surface area contributed by atoms with Crippen molar-refractivity contribution < 1.29 is 19.4 Å². The van der Waals surface area contributed by atoms with E-state index in [1.54, 1.807) is 30.1 Å². The Bertz CT molecular complexity index is 976. The van der Waals surface area contributed by atoms with Gasteiger partial charge in [-0.15, -0.1) is 0 Å². The Morgan fingerprint density at radius 3 is 2.66 bits per heavy atom. The SMILES string of the molecule is CN(C(=O)Cc1ccc(Cl)c(Cl)c1)C(CN1CCC(OCCN=O)C1)c1ccc(OCCO)cc1. The molecule has 2 atom stereocenters. The Balaban J connectivity index is 1.73. The molecule has 190 valence electrons. The van der Waals surface area contributed by atoms with Gasteiger partial charge in [-0.05, 0) is 41.8 Å². The highest BCUT2D eigenvalue weighted by molar-refractivity contribution is 6.42. The first kappa shape index (κ1) is 27.4. The summed E-state index contributed by atoms with van der Waals surface area (Å²) in [6.07, 6.45) is 1.11. The van der Waals surface area contributed by atoms with Crippen LogP contribution in [0, 0.1) is 4.91 Å². The Labute approximate surface area is 215 Å². The molecule has 1 heterocycles. The second kappa shape index (κ2) is 13.8. The fraction of sp³-hybridized carbons (Fsp3) is 0.480. The monoisotopic (exact) mass is 523 g/mol. The molecule has 35 heavy (non-hydrogen) atoms. The highest BCUT2D eigenvalue weighted by Gasteiger charge is 2.29. The van der Waals surface area contributed by atoms with Crippen LogP contribution in [0.2, 0.25) is 10.0 Å². The highest BCUT2D eigenvalue weighted by Crippen LogP contribution is 2.27. The van der Waals surface area contributed by atoms with Gasteiger partial charge in [0.2, 0.25) is 5.91 Å². The van der Waals surface area contributed by atoms with Crippen LogP contribution in [-0.4, -0.2) is 80.0 Å². The number of nitrogens with zero attached hydrogens (tertiary/aromatic N) is 3. The summed E-state index contributed by atoms with van der Waals surface area (Å²) >= 11 is 12.1. The molecular formula is C25H31Cl2N3O5. The topological polar surface area (TPSA) is 91.7 Å². The van der Waals surface area contributed by atoms with Crippen LogP contribution in [0.4, 0.5) is 0 Å². The number of rotatable bonds is 13. The van der Waals surface area contributed by atoms with Crippen molar-refractivity contribution in [1.29, 1.82) is 0 Å². The number of carbonyl (C=O) groups is 1. The molecule has 1 aliphatic rings. The number of likely N-dealkylation sites (N-methyl/N-ethyl adjacent to an activating group) is 1.